The highest BCUT2D eigenvalue weighted by molar-refractivity contribution is 7.20. The van der Waals surface area contributed by atoms with Gasteiger partial charge in [-0.3, -0.25) is 0 Å². The lowest BCUT2D eigenvalue weighted by Crippen LogP contribution is -2.00. The van der Waals surface area contributed by atoms with E-state index < -0.39 is 5.97 Å². The van der Waals surface area contributed by atoms with Gasteiger partial charge in [-0.2, -0.15) is 0 Å². The van der Waals surface area contributed by atoms with Crippen molar-refractivity contribution in [2.45, 2.75) is 0 Å². The number of thiazole rings is 1. The molecule has 78 valence electrons. The van der Waals surface area contributed by atoms with Gasteiger partial charge in [-0.15, -0.1) is 11.3 Å². The summed E-state index contributed by atoms with van der Waals surface area (Å²) in [5.41, 5.74) is 6.23. The molecule has 0 saturated heterocycles. The minimum atomic E-state index is -1.11. The first-order valence-corrected chi connectivity index (χ1v) is 5.89. The molecule has 0 radical (unpaired) electrons. The van der Waals surface area contributed by atoms with Crippen molar-refractivity contribution in [2.24, 2.45) is 0 Å². The normalized spacial score (nSPS) is 10.5. The second-order valence-corrected chi connectivity index (χ2v) is 5.25. The molecule has 4 nitrogen and oxygen atoms in total. The third-order valence-corrected chi connectivity index (χ3v) is 3.70. The summed E-state index contributed by atoms with van der Waals surface area (Å²) in [5.74, 6) is -1.11. The van der Waals surface area contributed by atoms with E-state index in [1.54, 1.807) is 6.07 Å². The molecular formula is C8H5ClN2O2S2. The van der Waals surface area contributed by atoms with Gasteiger partial charge in [0.1, 0.15) is 10.0 Å². The van der Waals surface area contributed by atoms with E-state index >= 15 is 0 Å². The lowest BCUT2D eigenvalue weighted by Gasteiger charge is -1.86. The van der Waals surface area contributed by atoms with Gasteiger partial charge < -0.3 is 10.8 Å². The molecule has 15 heavy (non-hydrogen) atoms. The summed E-state index contributed by atoms with van der Waals surface area (Å²) in [4.78, 5) is 14.6. The molecule has 0 aliphatic carbocycles. The third-order valence-electron chi connectivity index (χ3n) is 1.67. The van der Waals surface area contributed by atoms with Crippen molar-refractivity contribution in [3.05, 3.63) is 21.5 Å². The van der Waals surface area contributed by atoms with E-state index in [4.69, 9.17) is 22.4 Å². The van der Waals surface area contributed by atoms with Crippen LogP contribution in [-0.2, 0) is 0 Å². The fourth-order valence-electron chi connectivity index (χ4n) is 1.03. The standard InChI is InChI=1S/C8H5ClN2O2S2/c9-4-1-3(2-14-4)7-11-5(8(12)13)6(10)15-7/h1-2H,10H2,(H,12,13). The van der Waals surface area contributed by atoms with E-state index in [0.29, 0.717) is 9.34 Å². The van der Waals surface area contributed by atoms with Crippen LogP contribution in [0, 0.1) is 0 Å². The summed E-state index contributed by atoms with van der Waals surface area (Å²) < 4.78 is 0.635. The molecule has 2 rings (SSSR count). The lowest BCUT2D eigenvalue weighted by molar-refractivity contribution is 0.0692. The number of rotatable bonds is 2. The Bertz CT molecular complexity index is 520. The molecule has 0 atom stereocenters. The Morgan fingerprint density at radius 2 is 2.33 bits per heavy atom. The predicted octanol–water partition coefficient (Wildman–Crippen LogP) is 2.81. The number of nitrogen functional groups attached to an aromatic ring is 1. The molecule has 0 aliphatic heterocycles. The van der Waals surface area contributed by atoms with Gasteiger partial charge in [-0.1, -0.05) is 22.9 Å². The summed E-state index contributed by atoms with van der Waals surface area (Å²) in [5, 5.41) is 11.4. The van der Waals surface area contributed by atoms with Crippen LogP contribution in [-0.4, -0.2) is 16.1 Å². The number of hydrogen-bond donors (Lipinski definition) is 2. The SMILES string of the molecule is Nc1sc(-c2csc(Cl)c2)nc1C(=O)O. The Morgan fingerprint density at radius 3 is 2.80 bits per heavy atom. The molecule has 0 bridgehead atoms. The van der Waals surface area contributed by atoms with E-state index in [9.17, 15) is 4.79 Å². The molecule has 7 heteroatoms. The smallest absolute Gasteiger partial charge is 0.357 e. The summed E-state index contributed by atoms with van der Waals surface area (Å²) in [7, 11) is 0. The molecule has 0 aliphatic rings. The third kappa shape index (κ3) is 1.97. The van der Waals surface area contributed by atoms with Crippen molar-refractivity contribution < 1.29 is 9.90 Å². The zero-order valence-electron chi connectivity index (χ0n) is 7.23. The highest BCUT2D eigenvalue weighted by Crippen LogP contribution is 2.34. The summed E-state index contributed by atoms with van der Waals surface area (Å²) in [6.07, 6.45) is 0. The van der Waals surface area contributed by atoms with Crippen LogP contribution in [0.25, 0.3) is 10.6 Å². The molecule has 0 fully saturated rings. The van der Waals surface area contributed by atoms with E-state index in [0.717, 1.165) is 16.9 Å². The van der Waals surface area contributed by atoms with Gasteiger partial charge in [0.25, 0.3) is 0 Å². The number of anilines is 1. The molecule has 2 aromatic rings. The first kappa shape index (κ1) is 10.4. The van der Waals surface area contributed by atoms with Crippen molar-refractivity contribution in [2.75, 3.05) is 5.73 Å². The maximum Gasteiger partial charge on any atom is 0.357 e. The molecule has 0 amide bonds. The first-order chi connectivity index (χ1) is 7.08. The van der Waals surface area contributed by atoms with Crippen LogP contribution in [0.2, 0.25) is 4.34 Å². The Kier molecular flexibility index (Phi) is 2.64. The highest BCUT2D eigenvalue weighted by atomic mass is 35.5. The van der Waals surface area contributed by atoms with E-state index in [-0.39, 0.29) is 10.7 Å². The number of halogens is 1. The molecule has 2 aromatic heterocycles. The van der Waals surface area contributed by atoms with Crippen molar-refractivity contribution in [3.63, 3.8) is 0 Å². The van der Waals surface area contributed by atoms with Crippen molar-refractivity contribution >= 4 is 45.2 Å². The van der Waals surface area contributed by atoms with Crippen LogP contribution in [0.4, 0.5) is 5.00 Å². The molecule has 2 heterocycles. The number of carbonyl (C=O) groups is 1. The molecule has 3 N–H and O–H groups in total. The maximum absolute atomic E-state index is 10.7. The average Bonchev–Trinajstić information content (AvgIpc) is 2.71. The number of thiophene rings is 1. The largest absolute Gasteiger partial charge is 0.476 e. The second kappa shape index (κ2) is 3.80. The van der Waals surface area contributed by atoms with Gasteiger partial charge >= 0.3 is 5.97 Å². The Morgan fingerprint density at radius 1 is 1.60 bits per heavy atom. The van der Waals surface area contributed by atoms with Gasteiger partial charge in [0, 0.05) is 10.9 Å². The molecule has 0 aromatic carbocycles. The fraction of sp³-hybridized carbons (Fsp3) is 0. The van der Waals surface area contributed by atoms with Crippen LogP contribution < -0.4 is 5.73 Å². The predicted molar refractivity (Wildman–Crippen MR) is 61.8 cm³/mol. The number of carboxylic acid groups (broad SMARTS) is 1. The van der Waals surface area contributed by atoms with E-state index in [2.05, 4.69) is 4.98 Å². The Hall–Kier alpha value is -1.11. The van der Waals surface area contributed by atoms with Crippen molar-refractivity contribution in [1.82, 2.24) is 4.98 Å². The molecular weight excluding hydrogens is 256 g/mol. The van der Waals surface area contributed by atoms with Gasteiger partial charge in [-0.25, -0.2) is 9.78 Å². The fourth-order valence-corrected chi connectivity index (χ4v) is 2.78. The Balaban J connectivity index is 2.46. The zero-order valence-corrected chi connectivity index (χ0v) is 9.62. The molecule has 0 spiro atoms. The van der Waals surface area contributed by atoms with Crippen LogP contribution in [0.3, 0.4) is 0 Å². The minimum absolute atomic E-state index is 0.0997. The van der Waals surface area contributed by atoms with Gasteiger partial charge in [-0.05, 0) is 6.07 Å². The maximum atomic E-state index is 10.7. The van der Waals surface area contributed by atoms with Crippen LogP contribution >= 0.6 is 34.3 Å². The highest BCUT2D eigenvalue weighted by Gasteiger charge is 2.16. The number of carboxylic acids is 1. The second-order valence-electron chi connectivity index (χ2n) is 2.68. The summed E-state index contributed by atoms with van der Waals surface area (Å²) in [6.45, 7) is 0. The molecule has 0 saturated carbocycles. The monoisotopic (exact) mass is 260 g/mol. The summed E-state index contributed by atoms with van der Waals surface area (Å²) >= 11 is 8.28. The van der Waals surface area contributed by atoms with Gasteiger partial charge in [0.15, 0.2) is 5.69 Å². The number of aromatic nitrogens is 1. The average molecular weight is 261 g/mol. The van der Waals surface area contributed by atoms with Crippen LogP contribution in [0.1, 0.15) is 10.5 Å². The Labute approximate surface area is 98.0 Å². The van der Waals surface area contributed by atoms with Crippen molar-refractivity contribution in [1.29, 1.82) is 0 Å². The number of hydrogen-bond acceptors (Lipinski definition) is 5. The van der Waals surface area contributed by atoms with Crippen LogP contribution in [0.5, 0.6) is 0 Å². The quantitative estimate of drug-likeness (QED) is 0.871. The van der Waals surface area contributed by atoms with Crippen LogP contribution in [0.15, 0.2) is 11.4 Å². The number of nitrogens with zero attached hydrogens (tertiary/aromatic N) is 1. The topological polar surface area (TPSA) is 76.2 Å². The van der Waals surface area contributed by atoms with Crippen molar-refractivity contribution in [3.8, 4) is 10.6 Å². The zero-order chi connectivity index (χ0) is 11.0. The first-order valence-electron chi connectivity index (χ1n) is 3.82. The number of nitrogens with two attached hydrogens (primary N) is 1. The minimum Gasteiger partial charge on any atom is -0.476 e. The van der Waals surface area contributed by atoms with Gasteiger partial charge in [0.05, 0.1) is 4.34 Å². The molecule has 0 unspecified atom stereocenters. The lowest BCUT2D eigenvalue weighted by atomic mass is 10.3. The number of aromatic carboxylic acids is 1. The van der Waals surface area contributed by atoms with E-state index in [1.807, 2.05) is 5.38 Å². The summed E-state index contributed by atoms with van der Waals surface area (Å²) in [6, 6.07) is 1.73. The van der Waals surface area contributed by atoms with E-state index in [1.165, 1.54) is 11.3 Å². The van der Waals surface area contributed by atoms with Gasteiger partial charge in [0.2, 0.25) is 0 Å².